The van der Waals surface area contributed by atoms with Crippen LogP contribution >= 0.6 is 0 Å². The van der Waals surface area contributed by atoms with Gasteiger partial charge in [-0.1, -0.05) is 31.5 Å². The molecule has 2 amide bonds. The number of piperidine rings is 1. The summed E-state index contributed by atoms with van der Waals surface area (Å²) in [6.07, 6.45) is 3.76. The maximum atomic E-state index is 14.4. The quantitative estimate of drug-likeness (QED) is 0.269. The molecule has 1 spiro atoms. The van der Waals surface area contributed by atoms with Crippen molar-refractivity contribution in [1.29, 1.82) is 0 Å². The summed E-state index contributed by atoms with van der Waals surface area (Å²) in [6, 6.07) is 12.7. The lowest BCUT2D eigenvalue weighted by Gasteiger charge is -2.34. The van der Waals surface area contributed by atoms with Crippen LogP contribution in [0.4, 0.5) is 5.69 Å². The SMILES string of the molecule is CCCN1C(=O)[C@@]2(C(=C(O)c3ccc(S(=O)(=O)N4CCCCC4)cc3)C(=O)C(=O)N2CCCN(C)C)c2ccccc21. The van der Waals surface area contributed by atoms with E-state index in [-0.39, 0.29) is 22.6 Å². The summed E-state index contributed by atoms with van der Waals surface area (Å²) < 4.78 is 27.8. The normalized spacial score (nSPS) is 22.5. The van der Waals surface area contributed by atoms with Crippen molar-refractivity contribution in [3.63, 3.8) is 0 Å². The molecule has 3 aliphatic rings. The highest BCUT2D eigenvalue weighted by atomic mass is 32.2. The van der Waals surface area contributed by atoms with Gasteiger partial charge < -0.3 is 19.8 Å². The number of para-hydroxylation sites is 1. The first kappa shape index (κ1) is 29.9. The minimum Gasteiger partial charge on any atom is -0.507 e. The Morgan fingerprint density at radius 2 is 1.62 bits per heavy atom. The van der Waals surface area contributed by atoms with Gasteiger partial charge in [0.1, 0.15) is 5.76 Å². The van der Waals surface area contributed by atoms with Crippen LogP contribution in [0.3, 0.4) is 0 Å². The lowest BCUT2D eigenvalue weighted by Crippen LogP contribution is -2.52. The largest absolute Gasteiger partial charge is 0.507 e. The summed E-state index contributed by atoms with van der Waals surface area (Å²) in [4.78, 5) is 46.7. The molecule has 224 valence electrons. The van der Waals surface area contributed by atoms with Gasteiger partial charge in [-0.3, -0.25) is 14.4 Å². The number of fused-ring (bicyclic) bond motifs is 2. The molecule has 0 radical (unpaired) electrons. The van der Waals surface area contributed by atoms with E-state index in [2.05, 4.69) is 0 Å². The van der Waals surface area contributed by atoms with Gasteiger partial charge in [0.15, 0.2) is 5.54 Å². The van der Waals surface area contributed by atoms with Crippen LogP contribution < -0.4 is 4.90 Å². The van der Waals surface area contributed by atoms with Crippen molar-refractivity contribution < 1.29 is 27.9 Å². The van der Waals surface area contributed by atoms with Gasteiger partial charge in [0.05, 0.1) is 16.2 Å². The fourth-order valence-corrected chi connectivity index (χ4v) is 7.86. The number of benzene rings is 2. The van der Waals surface area contributed by atoms with E-state index in [9.17, 15) is 27.9 Å². The predicted molar refractivity (Wildman–Crippen MR) is 159 cm³/mol. The van der Waals surface area contributed by atoms with Crippen LogP contribution in [0, 0.1) is 0 Å². The number of anilines is 1. The smallest absolute Gasteiger partial charge is 0.296 e. The van der Waals surface area contributed by atoms with Crippen LogP contribution in [0.5, 0.6) is 0 Å². The molecular formula is C31H38N4O6S. The van der Waals surface area contributed by atoms with E-state index in [4.69, 9.17) is 0 Å². The maximum absolute atomic E-state index is 14.4. The average molecular weight is 595 g/mol. The number of sulfonamides is 1. The Kier molecular flexibility index (Phi) is 8.28. The summed E-state index contributed by atoms with van der Waals surface area (Å²) in [5, 5.41) is 11.7. The first-order valence-electron chi connectivity index (χ1n) is 14.5. The average Bonchev–Trinajstić information content (AvgIpc) is 3.36. The van der Waals surface area contributed by atoms with E-state index in [1.807, 2.05) is 25.9 Å². The second kappa shape index (κ2) is 11.6. The van der Waals surface area contributed by atoms with Crippen molar-refractivity contribution in [2.45, 2.75) is 49.5 Å². The highest BCUT2D eigenvalue weighted by Gasteiger charge is 2.66. The fraction of sp³-hybridized carbons (Fsp3) is 0.452. The Morgan fingerprint density at radius 1 is 0.952 bits per heavy atom. The van der Waals surface area contributed by atoms with Crippen LogP contribution in [-0.4, -0.2) is 92.0 Å². The summed E-state index contributed by atoms with van der Waals surface area (Å²) in [5.41, 5.74) is -0.900. The van der Waals surface area contributed by atoms with Gasteiger partial charge in [0.25, 0.3) is 17.6 Å². The summed E-state index contributed by atoms with van der Waals surface area (Å²) in [7, 11) is 0.0895. The molecular weight excluding hydrogens is 556 g/mol. The monoisotopic (exact) mass is 594 g/mol. The molecule has 1 atom stereocenters. The first-order valence-corrected chi connectivity index (χ1v) is 16.0. The lowest BCUT2D eigenvalue weighted by molar-refractivity contribution is -0.143. The summed E-state index contributed by atoms with van der Waals surface area (Å²) in [6.45, 7) is 3.99. The third-order valence-corrected chi connectivity index (χ3v) is 10.2. The second-order valence-corrected chi connectivity index (χ2v) is 13.3. The van der Waals surface area contributed by atoms with E-state index in [0.29, 0.717) is 50.3 Å². The molecule has 0 unspecified atom stereocenters. The van der Waals surface area contributed by atoms with E-state index < -0.39 is 38.9 Å². The van der Waals surface area contributed by atoms with Crippen LogP contribution in [-0.2, 0) is 29.9 Å². The number of hydrogen-bond donors (Lipinski definition) is 1. The minimum absolute atomic E-state index is 0.0798. The minimum atomic E-state index is -3.71. The standard InChI is InChI=1S/C31H38N4O6S/c1-4-17-34-25-12-7-6-11-24(25)31(30(34)39)26(28(37)29(38)35(31)21-10-18-32(2)3)27(36)22-13-15-23(16-14-22)42(40,41)33-19-8-5-9-20-33/h6-7,11-16,36H,4-5,8-10,17-21H2,1-3H3/t31-/m0/s1. The number of aliphatic hydroxyl groups excluding tert-OH is 1. The molecule has 2 aromatic rings. The van der Waals surface area contributed by atoms with Crippen molar-refractivity contribution in [1.82, 2.24) is 14.1 Å². The zero-order valence-corrected chi connectivity index (χ0v) is 25.2. The summed E-state index contributed by atoms with van der Waals surface area (Å²) >= 11 is 0. The molecule has 11 heteroatoms. The Morgan fingerprint density at radius 3 is 2.26 bits per heavy atom. The molecule has 10 nitrogen and oxygen atoms in total. The predicted octanol–water partition coefficient (Wildman–Crippen LogP) is 3.15. The topological polar surface area (TPSA) is 119 Å². The molecule has 5 rings (SSSR count). The molecule has 3 heterocycles. The highest BCUT2D eigenvalue weighted by Crippen LogP contribution is 2.53. The second-order valence-electron chi connectivity index (χ2n) is 11.3. The Hall–Kier alpha value is -3.54. The molecule has 2 fully saturated rings. The van der Waals surface area contributed by atoms with Crippen molar-refractivity contribution in [2.75, 3.05) is 51.7 Å². The summed E-state index contributed by atoms with van der Waals surface area (Å²) in [5.74, 6) is -2.75. The molecule has 0 bridgehead atoms. The zero-order valence-electron chi connectivity index (χ0n) is 24.4. The van der Waals surface area contributed by atoms with Gasteiger partial charge in [0, 0.05) is 37.3 Å². The number of ketones is 1. The number of amides is 2. The first-order chi connectivity index (χ1) is 20.1. The van der Waals surface area contributed by atoms with Gasteiger partial charge in [-0.2, -0.15) is 4.31 Å². The van der Waals surface area contributed by atoms with Crippen LogP contribution in [0.1, 0.15) is 50.2 Å². The molecule has 1 N–H and O–H groups in total. The molecule has 2 saturated heterocycles. The van der Waals surface area contributed by atoms with Crippen molar-refractivity contribution in [3.05, 3.63) is 65.2 Å². The molecule has 2 aromatic carbocycles. The molecule has 0 saturated carbocycles. The highest BCUT2D eigenvalue weighted by molar-refractivity contribution is 7.89. The number of carbonyl (C=O) groups excluding carboxylic acids is 3. The number of Topliss-reactive ketones (excluding diaryl/α,β-unsaturated/α-hetero) is 1. The van der Waals surface area contributed by atoms with E-state index in [1.54, 1.807) is 29.2 Å². The third-order valence-electron chi connectivity index (χ3n) is 8.32. The third kappa shape index (κ3) is 4.73. The van der Waals surface area contributed by atoms with Gasteiger partial charge in [-0.25, -0.2) is 8.42 Å². The van der Waals surface area contributed by atoms with E-state index in [0.717, 1.165) is 19.3 Å². The van der Waals surface area contributed by atoms with Crippen LogP contribution in [0.2, 0.25) is 0 Å². The van der Waals surface area contributed by atoms with Gasteiger partial charge in [0.2, 0.25) is 10.0 Å². The van der Waals surface area contributed by atoms with Gasteiger partial charge in [-0.05, 0) is 76.7 Å². The lowest BCUT2D eigenvalue weighted by atomic mass is 9.82. The number of nitrogens with zero attached hydrogens (tertiary/aromatic N) is 4. The van der Waals surface area contributed by atoms with Gasteiger partial charge >= 0.3 is 0 Å². The van der Waals surface area contributed by atoms with Crippen LogP contribution in [0.25, 0.3) is 5.76 Å². The number of rotatable bonds is 9. The van der Waals surface area contributed by atoms with Gasteiger partial charge in [-0.15, -0.1) is 0 Å². The molecule has 3 aliphatic heterocycles. The van der Waals surface area contributed by atoms with Crippen molar-refractivity contribution >= 4 is 39.1 Å². The Bertz CT molecular complexity index is 1530. The number of aliphatic hydroxyl groups is 1. The Balaban J connectivity index is 1.65. The molecule has 0 aliphatic carbocycles. The number of likely N-dealkylation sites (tertiary alicyclic amines) is 1. The Labute approximate surface area is 247 Å². The van der Waals surface area contributed by atoms with Crippen molar-refractivity contribution in [3.8, 4) is 0 Å². The van der Waals surface area contributed by atoms with Crippen LogP contribution in [0.15, 0.2) is 59.0 Å². The zero-order chi connectivity index (χ0) is 30.2. The fourth-order valence-electron chi connectivity index (χ4n) is 6.34. The van der Waals surface area contributed by atoms with Crippen molar-refractivity contribution in [2.24, 2.45) is 0 Å². The van der Waals surface area contributed by atoms with E-state index >= 15 is 0 Å². The molecule has 42 heavy (non-hydrogen) atoms. The van der Waals surface area contributed by atoms with E-state index in [1.165, 1.54) is 33.5 Å². The number of hydrogen-bond acceptors (Lipinski definition) is 7. The number of carbonyl (C=O) groups is 3. The maximum Gasteiger partial charge on any atom is 0.296 e. The molecule has 0 aromatic heterocycles.